The maximum atomic E-state index is 4.91. The van der Waals surface area contributed by atoms with Crippen LogP contribution in [0, 0.1) is 0 Å². The Morgan fingerprint density at radius 1 is 0.720 bits per heavy atom. The van der Waals surface area contributed by atoms with E-state index in [1.54, 1.807) is 0 Å². The van der Waals surface area contributed by atoms with Crippen LogP contribution in [-0.2, 0) is 13.0 Å². The normalized spacial score (nSPS) is 11.3. The predicted octanol–water partition coefficient (Wildman–Crippen LogP) is 5.70. The molecule has 0 spiro atoms. The molecule has 0 unspecified atom stereocenters. The highest BCUT2D eigenvalue weighted by atomic mass is 15.5. The van der Waals surface area contributed by atoms with Crippen LogP contribution in [0.15, 0.2) is 96.1 Å². The Morgan fingerprint density at radius 3 is 1.84 bits per heavy atom. The molecule has 0 saturated heterocycles. The first-order chi connectivity index (χ1) is 12.3. The summed E-state index contributed by atoms with van der Waals surface area (Å²) in [4.78, 5) is 0. The Hall–Kier alpha value is -2.87. The van der Waals surface area contributed by atoms with E-state index in [9.17, 15) is 0 Å². The van der Waals surface area contributed by atoms with Gasteiger partial charge in [0, 0.05) is 5.71 Å². The van der Waals surface area contributed by atoms with E-state index in [0.717, 1.165) is 30.8 Å². The number of hydrogen-bond acceptors (Lipinski definition) is 2. The third kappa shape index (κ3) is 5.32. The van der Waals surface area contributed by atoms with Gasteiger partial charge in [-0.2, -0.15) is 5.10 Å². The third-order valence-electron chi connectivity index (χ3n) is 4.14. The van der Waals surface area contributed by atoms with Gasteiger partial charge in [-0.3, -0.25) is 5.01 Å². The zero-order chi connectivity index (χ0) is 17.3. The third-order valence-corrected chi connectivity index (χ3v) is 4.14. The van der Waals surface area contributed by atoms with E-state index in [-0.39, 0.29) is 0 Å². The highest BCUT2D eigenvalue weighted by Crippen LogP contribution is 2.18. The Morgan fingerprint density at radius 2 is 1.24 bits per heavy atom. The van der Waals surface area contributed by atoms with E-state index in [1.807, 2.05) is 12.1 Å². The van der Waals surface area contributed by atoms with Gasteiger partial charge in [0.25, 0.3) is 0 Å². The van der Waals surface area contributed by atoms with Crippen molar-refractivity contribution in [3.63, 3.8) is 0 Å². The van der Waals surface area contributed by atoms with Crippen LogP contribution in [0.4, 0.5) is 5.69 Å². The molecule has 0 heterocycles. The van der Waals surface area contributed by atoms with Crippen molar-refractivity contribution in [3.05, 3.63) is 102 Å². The number of anilines is 1. The molecular weight excluding hydrogens is 304 g/mol. The van der Waals surface area contributed by atoms with Crippen LogP contribution in [0.5, 0.6) is 0 Å². The van der Waals surface area contributed by atoms with E-state index < -0.39 is 0 Å². The molecular formula is C23H24N2. The molecule has 0 aliphatic heterocycles. The first-order valence-electron chi connectivity index (χ1n) is 8.76. The zero-order valence-electron chi connectivity index (χ0n) is 14.7. The van der Waals surface area contributed by atoms with Crippen LogP contribution in [0.25, 0.3) is 0 Å². The highest BCUT2D eigenvalue weighted by molar-refractivity contribution is 5.83. The average molecular weight is 328 g/mol. The van der Waals surface area contributed by atoms with Gasteiger partial charge >= 0.3 is 0 Å². The Balaban J connectivity index is 1.74. The molecule has 2 heteroatoms. The molecule has 3 aromatic carbocycles. The molecule has 0 aliphatic rings. The summed E-state index contributed by atoms with van der Waals surface area (Å²) in [7, 11) is 0. The zero-order valence-corrected chi connectivity index (χ0v) is 14.7. The van der Waals surface area contributed by atoms with Gasteiger partial charge in [-0.05, 0) is 43.0 Å². The molecule has 0 bridgehead atoms. The summed E-state index contributed by atoms with van der Waals surface area (Å²) < 4.78 is 0. The topological polar surface area (TPSA) is 15.6 Å². The van der Waals surface area contributed by atoms with Crippen molar-refractivity contribution < 1.29 is 0 Å². The van der Waals surface area contributed by atoms with Crippen molar-refractivity contribution in [1.29, 1.82) is 0 Å². The fraction of sp³-hybridized carbons (Fsp3) is 0.174. The van der Waals surface area contributed by atoms with Crippen molar-refractivity contribution in [2.45, 2.75) is 26.3 Å². The largest absolute Gasteiger partial charge is 0.261 e. The van der Waals surface area contributed by atoms with Gasteiger partial charge in [-0.1, -0.05) is 78.9 Å². The van der Waals surface area contributed by atoms with Crippen LogP contribution in [0.2, 0.25) is 0 Å². The summed E-state index contributed by atoms with van der Waals surface area (Å²) >= 11 is 0. The standard InChI is InChI=1S/C23H24N2/c1-20(17-18-21-11-5-2-6-12-21)24-25(23-15-9-4-10-16-23)19-22-13-7-3-8-14-22/h2-16H,17-19H2,1H3. The Bertz CT molecular complexity index is 780. The van der Waals surface area contributed by atoms with E-state index in [1.165, 1.54) is 11.1 Å². The van der Waals surface area contributed by atoms with E-state index >= 15 is 0 Å². The smallest absolute Gasteiger partial charge is 0.0666 e. The molecule has 0 aromatic heterocycles. The molecule has 3 aromatic rings. The van der Waals surface area contributed by atoms with E-state index in [2.05, 4.69) is 90.8 Å². The Kier molecular flexibility index (Phi) is 6.00. The minimum Gasteiger partial charge on any atom is -0.261 e. The molecule has 0 aliphatic carbocycles. The second kappa shape index (κ2) is 8.84. The lowest BCUT2D eigenvalue weighted by atomic mass is 10.1. The molecule has 2 nitrogen and oxygen atoms in total. The first kappa shape index (κ1) is 17.0. The first-order valence-corrected chi connectivity index (χ1v) is 8.76. The second-order valence-electron chi connectivity index (χ2n) is 6.20. The minimum absolute atomic E-state index is 0.771. The quantitative estimate of drug-likeness (QED) is 0.401. The van der Waals surface area contributed by atoms with E-state index in [0.29, 0.717) is 0 Å². The lowest BCUT2D eigenvalue weighted by Gasteiger charge is -2.20. The molecule has 3 rings (SSSR count). The SMILES string of the molecule is CC(CCc1ccccc1)=NN(Cc1ccccc1)c1ccccc1. The van der Waals surface area contributed by atoms with Crippen molar-refractivity contribution in [2.24, 2.45) is 5.10 Å². The van der Waals surface area contributed by atoms with Gasteiger partial charge in [0.2, 0.25) is 0 Å². The summed E-state index contributed by atoms with van der Waals surface area (Å²) in [5.74, 6) is 0. The van der Waals surface area contributed by atoms with Gasteiger partial charge in [-0.25, -0.2) is 0 Å². The predicted molar refractivity (Wildman–Crippen MR) is 107 cm³/mol. The van der Waals surface area contributed by atoms with Crippen molar-refractivity contribution in [2.75, 3.05) is 5.01 Å². The summed E-state index contributed by atoms with van der Waals surface area (Å²) in [6.45, 7) is 2.89. The monoisotopic (exact) mass is 328 g/mol. The van der Waals surface area contributed by atoms with Crippen LogP contribution in [0.1, 0.15) is 24.5 Å². The number of hydrogen-bond donors (Lipinski definition) is 0. The summed E-state index contributed by atoms with van der Waals surface area (Å²) in [6, 6.07) is 31.4. The lowest BCUT2D eigenvalue weighted by Crippen LogP contribution is -2.18. The lowest BCUT2D eigenvalue weighted by molar-refractivity contribution is 0.843. The molecule has 0 radical (unpaired) electrons. The van der Waals surface area contributed by atoms with Crippen LogP contribution < -0.4 is 5.01 Å². The van der Waals surface area contributed by atoms with Gasteiger partial charge < -0.3 is 0 Å². The highest BCUT2D eigenvalue weighted by Gasteiger charge is 2.07. The summed E-state index contributed by atoms with van der Waals surface area (Å²) in [6.07, 6.45) is 1.98. The summed E-state index contributed by atoms with van der Waals surface area (Å²) in [5.41, 5.74) is 4.87. The average Bonchev–Trinajstić information content (AvgIpc) is 2.68. The number of rotatable bonds is 7. The molecule has 0 N–H and O–H groups in total. The van der Waals surface area contributed by atoms with Crippen LogP contribution in [-0.4, -0.2) is 5.71 Å². The fourth-order valence-corrected chi connectivity index (χ4v) is 2.77. The molecule has 0 atom stereocenters. The molecule has 25 heavy (non-hydrogen) atoms. The second-order valence-corrected chi connectivity index (χ2v) is 6.20. The van der Waals surface area contributed by atoms with Gasteiger partial charge in [0.1, 0.15) is 0 Å². The van der Waals surface area contributed by atoms with Gasteiger partial charge in [0.05, 0.1) is 12.2 Å². The van der Waals surface area contributed by atoms with Crippen molar-refractivity contribution in [1.82, 2.24) is 0 Å². The number of nitrogens with zero attached hydrogens (tertiary/aromatic N) is 2. The number of para-hydroxylation sites is 1. The van der Waals surface area contributed by atoms with E-state index in [4.69, 9.17) is 5.10 Å². The van der Waals surface area contributed by atoms with Crippen LogP contribution >= 0.6 is 0 Å². The van der Waals surface area contributed by atoms with Crippen LogP contribution in [0.3, 0.4) is 0 Å². The minimum atomic E-state index is 0.771. The maximum Gasteiger partial charge on any atom is 0.0666 e. The van der Waals surface area contributed by atoms with Gasteiger partial charge in [-0.15, -0.1) is 0 Å². The molecule has 0 fully saturated rings. The fourth-order valence-electron chi connectivity index (χ4n) is 2.77. The maximum absolute atomic E-state index is 4.91. The summed E-state index contributed by atoms with van der Waals surface area (Å²) in [5, 5.41) is 7.00. The number of hydrazone groups is 1. The Labute approximate surface area is 150 Å². The molecule has 0 amide bonds. The number of benzene rings is 3. The van der Waals surface area contributed by atoms with Crippen molar-refractivity contribution >= 4 is 11.4 Å². The number of aryl methyl sites for hydroxylation is 1. The van der Waals surface area contributed by atoms with Gasteiger partial charge in [0.15, 0.2) is 0 Å². The molecule has 0 saturated carbocycles. The molecule has 126 valence electrons. The van der Waals surface area contributed by atoms with Crippen molar-refractivity contribution in [3.8, 4) is 0 Å².